The number of benzene rings is 1. The second-order valence-electron chi connectivity index (χ2n) is 8.64. The first-order valence-electron chi connectivity index (χ1n) is 11.7. The number of methoxy groups -OCH3 is 1. The van der Waals surface area contributed by atoms with Crippen molar-refractivity contribution in [1.82, 2.24) is 10.3 Å². The first-order valence-corrected chi connectivity index (χ1v) is 11.7. The van der Waals surface area contributed by atoms with Gasteiger partial charge in [-0.25, -0.2) is 0 Å². The van der Waals surface area contributed by atoms with Gasteiger partial charge in [-0.15, -0.1) is 0 Å². The van der Waals surface area contributed by atoms with Gasteiger partial charge in [0.15, 0.2) is 0 Å². The molecule has 0 radical (unpaired) electrons. The predicted octanol–water partition coefficient (Wildman–Crippen LogP) is 4.23. The molecule has 2 aromatic heterocycles. The number of hydrogen-bond acceptors (Lipinski definition) is 6. The summed E-state index contributed by atoms with van der Waals surface area (Å²) in [7, 11) is 1.49. The molecule has 9 nitrogen and oxygen atoms in total. The number of hydrogen-bond donors (Lipinski definition) is 2. The highest BCUT2D eigenvalue weighted by atomic mass is 16.5. The molecule has 1 aliphatic rings. The van der Waals surface area contributed by atoms with Crippen LogP contribution in [0.25, 0.3) is 15.8 Å². The van der Waals surface area contributed by atoms with E-state index in [1.165, 1.54) is 7.11 Å². The van der Waals surface area contributed by atoms with Gasteiger partial charge in [0.1, 0.15) is 11.3 Å². The standard InChI is InChI=1S/C26H30N4O5/c1-6-30(17-7-9-34-10-8-17)20-13-22-18(12-23(27-4)35-22)24(16(20)3)26(32)28-14-19-21(33-5)11-15(2)29-25(19)31/h11-13,17H,6-10,14H2,1-3,5H3,(H,28,32)(H,29,31). The Labute approximate surface area is 203 Å². The molecule has 0 atom stereocenters. The number of H-pyrrole nitrogens is 1. The maximum atomic E-state index is 13.5. The Kier molecular flexibility index (Phi) is 7.12. The van der Waals surface area contributed by atoms with E-state index in [9.17, 15) is 9.59 Å². The summed E-state index contributed by atoms with van der Waals surface area (Å²) in [6.45, 7) is 15.3. The van der Waals surface area contributed by atoms with Crippen LogP contribution in [0.3, 0.4) is 0 Å². The molecule has 3 aromatic rings. The van der Waals surface area contributed by atoms with Crippen LogP contribution in [0, 0.1) is 20.4 Å². The summed E-state index contributed by atoms with van der Waals surface area (Å²) < 4.78 is 16.6. The smallest absolute Gasteiger partial charge is 0.346 e. The molecule has 0 bridgehead atoms. The lowest BCUT2D eigenvalue weighted by Crippen LogP contribution is -2.40. The molecule has 4 rings (SSSR count). The van der Waals surface area contributed by atoms with Crippen molar-refractivity contribution in [3.8, 4) is 5.75 Å². The summed E-state index contributed by atoms with van der Waals surface area (Å²) in [6.07, 6.45) is 1.79. The van der Waals surface area contributed by atoms with Crippen molar-refractivity contribution < 1.29 is 18.7 Å². The summed E-state index contributed by atoms with van der Waals surface area (Å²) in [5.74, 6) is 0.186. The summed E-state index contributed by atoms with van der Waals surface area (Å²) in [5.41, 5.74) is 3.31. The molecule has 9 heteroatoms. The number of carbonyl (C=O) groups is 1. The Morgan fingerprint density at radius 3 is 2.69 bits per heavy atom. The first kappa shape index (κ1) is 24.4. The van der Waals surface area contributed by atoms with E-state index >= 15 is 0 Å². The number of fused-ring (bicyclic) bond motifs is 1. The van der Waals surface area contributed by atoms with Crippen molar-refractivity contribution in [2.24, 2.45) is 0 Å². The molecular weight excluding hydrogens is 448 g/mol. The minimum absolute atomic E-state index is 0.00619. The van der Waals surface area contributed by atoms with E-state index in [1.54, 1.807) is 19.1 Å². The molecule has 35 heavy (non-hydrogen) atoms. The number of nitrogens with zero attached hydrogens (tertiary/aromatic N) is 2. The van der Waals surface area contributed by atoms with Gasteiger partial charge in [0.2, 0.25) is 0 Å². The Balaban J connectivity index is 1.75. The summed E-state index contributed by atoms with van der Waals surface area (Å²) in [5, 5.41) is 3.45. The third-order valence-electron chi connectivity index (χ3n) is 6.54. The van der Waals surface area contributed by atoms with Crippen molar-refractivity contribution in [2.45, 2.75) is 46.2 Å². The van der Waals surface area contributed by atoms with E-state index < -0.39 is 0 Å². The molecular formula is C26H30N4O5. The van der Waals surface area contributed by atoms with E-state index in [4.69, 9.17) is 20.5 Å². The van der Waals surface area contributed by atoms with Crippen LogP contribution < -0.4 is 20.5 Å². The number of aryl methyl sites for hydroxylation is 1. The number of ether oxygens (including phenoxy) is 2. The molecule has 184 valence electrons. The number of nitrogens with one attached hydrogen (secondary N) is 2. The van der Waals surface area contributed by atoms with Crippen molar-refractivity contribution >= 4 is 28.4 Å². The van der Waals surface area contributed by atoms with E-state index in [2.05, 4.69) is 27.0 Å². The number of anilines is 1. The molecule has 0 spiro atoms. The lowest BCUT2D eigenvalue weighted by molar-refractivity contribution is 0.0846. The lowest BCUT2D eigenvalue weighted by Gasteiger charge is -2.36. The van der Waals surface area contributed by atoms with Gasteiger partial charge >= 0.3 is 5.88 Å². The molecule has 0 unspecified atom stereocenters. The highest BCUT2D eigenvalue weighted by Gasteiger charge is 2.27. The first-order chi connectivity index (χ1) is 16.9. The number of carbonyl (C=O) groups excluding carboxylic acids is 1. The van der Waals surface area contributed by atoms with E-state index in [0.29, 0.717) is 46.8 Å². The van der Waals surface area contributed by atoms with Crippen LogP contribution in [0.5, 0.6) is 5.75 Å². The van der Waals surface area contributed by atoms with Crippen LogP contribution in [0.1, 0.15) is 46.9 Å². The number of furan rings is 1. The van der Waals surface area contributed by atoms with E-state index in [1.807, 2.05) is 13.0 Å². The van der Waals surface area contributed by atoms with Gasteiger partial charge in [0.05, 0.1) is 31.4 Å². The van der Waals surface area contributed by atoms with Crippen molar-refractivity contribution in [3.05, 3.63) is 62.4 Å². The van der Waals surface area contributed by atoms with Crippen LogP contribution in [0.2, 0.25) is 0 Å². The zero-order chi connectivity index (χ0) is 25.1. The normalized spacial score (nSPS) is 14.0. The average molecular weight is 479 g/mol. The topological polar surface area (TPSA) is 101 Å². The number of amides is 1. The van der Waals surface area contributed by atoms with Crippen molar-refractivity contribution in [1.29, 1.82) is 0 Å². The second-order valence-corrected chi connectivity index (χ2v) is 8.64. The fraction of sp³-hybridized carbons (Fsp3) is 0.423. The number of aromatic nitrogens is 1. The molecule has 2 N–H and O–H groups in total. The number of rotatable bonds is 7. The monoisotopic (exact) mass is 478 g/mol. The van der Waals surface area contributed by atoms with Crippen LogP contribution in [-0.2, 0) is 11.3 Å². The molecule has 0 aliphatic carbocycles. The van der Waals surface area contributed by atoms with Crippen LogP contribution in [0.15, 0.2) is 27.4 Å². The zero-order valence-corrected chi connectivity index (χ0v) is 20.5. The molecule has 1 fully saturated rings. The highest BCUT2D eigenvalue weighted by molar-refractivity contribution is 6.10. The fourth-order valence-electron chi connectivity index (χ4n) is 4.82. The average Bonchev–Trinajstić information content (AvgIpc) is 3.27. The summed E-state index contributed by atoms with van der Waals surface area (Å²) >= 11 is 0. The Hall–Kier alpha value is -3.77. The second kappa shape index (κ2) is 10.2. The Bertz CT molecular complexity index is 1340. The van der Waals surface area contributed by atoms with Gasteiger partial charge in [0, 0.05) is 48.6 Å². The third kappa shape index (κ3) is 4.75. The maximum Gasteiger partial charge on any atom is 0.346 e. The van der Waals surface area contributed by atoms with Crippen LogP contribution >= 0.6 is 0 Å². The highest BCUT2D eigenvalue weighted by Crippen LogP contribution is 2.37. The van der Waals surface area contributed by atoms with Crippen molar-refractivity contribution in [2.75, 3.05) is 31.8 Å². The van der Waals surface area contributed by atoms with Gasteiger partial charge in [-0.1, -0.05) is 0 Å². The minimum atomic E-state index is -0.350. The number of aromatic amines is 1. The summed E-state index contributed by atoms with van der Waals surface area (Å²) in [4.78, 5) is 34.5. The Morgan fingerprint density at radius 2 is 2.03 bits per heavy atom. The van der Waals surface area contributed by atoms with Gasteiger partial charge in [-0.05, 0) is 51.3 Å². The lowest BCUT2D eigenvalue weighted by atomic mass is 9.98. The zero-order valence-electron chi connectivity index (χ0n) is 20.5. The molecule has 1 aliphatic heterocycles. The molecule has 3 heterocycles. The van der Waals surface area contributed by atoms with Crippen LogP contribution in [-0.4, -0.2) is 43.8 Å². The van der Waals surface area contributed by atoms with Crippen LogP contribution in [0.4, 0.5) is 11.6 Å². The van der Waals surface area contributed by atoms with E-state index in [0.717, 1.165) is 30.6 Å². The minimum Gasteiger partial charge on any atom is -0.496 e. The maximum absolute atomic E-state index is 13.5. The SMILES string of the molecule is [C-]#[N+]c1cc2c(C(=O)NCc3c(OC)cc(C)[nH]c3=O)c(C)c(N(CC)C3CCOCC3)cc2o1. The third-order valence-corrected chi connectivity index (χ3v) is 6.54. The molecule has 1 amide bonds. The van der Waals surface area contributed by atoms with E-state index in [-0.39, 0.29) is 29.9 Å². The van der Waals surface area contributed by atoms with Gasteiger partial charge in [0.25, 0.3) is 11.5 Å². The van der Waals surface area contributed by atoms with Gasteiger partial charge in [-0.3, -0.25) is 9.59 Å². The molecule has 1 aromatic carbocycles. The fourth-order valence-corrected chi connectivity index (χ4v) is 4.82. The largest absolute Gasteiger partial charge is 0.496 e. The number of pyridine rings is 1. The summed E-state index contributed by atoms with van der Waals surface area (Å²) in [6, 6.07) is 5.52. The predicted molar refractivity (Wildman–Crippen MR) is 134 cm³/mol. The Morgan fingerprint density at radius 1 is 1.29 bits per heavy atom. The van der Waals surface area contributed by atoms with Gasteiger partial charge in [-0.2, -0.15) is 4.85 Å². The molecule has 0 saturated carbocycles. The quantitative estimate of drug-likeness (QED) is 0.493. The van der Waals surface area contributed by atoms with Gasteiger partial charge < -0.3 is 29.1 Å². The molecule has 1 saturated heterocycles. The van der Waals surface area contributed by atoms with Crippen molar-refractivity contribution in [3.63, 3.8) is 0 Å².